The maximum absolute atomic E-state index is 10.9. The summed E-state index contributed by atoms with van der Waals surface area (Å²) >= 11 is 11.2. The first-order valence-corrected chi connectivity index (χ1v) is 6.26. The average Bonchev–Trinajstić information content (AvgIpc) is 2.07. The lowest BCUT2D eigenvalue weighted by Gasteiger charge is -2.01. The van der Waals surface area contributed by atoms with E-state index in [0.717, 1.165) is 12.1 Å². The first kappa shape index (κ1) is 11.6. The molecule has 0 spiro atoms. The zero-order valence-electron chi connectivity index (χ0n) is 6.46. The molecule has 1 rings (SSSR count). The highest BCUT2D eigenvalue weighted by Gasteiger charge is 2.15. The minimum absolute atomic E-state index is 0.0123. The van der Waals surface area contributed by atoms with E-state index >= 15 is 0 Å². The van der Waals surface area contributed by atoms with Crippen molar-refractivity contribution in [2.75, 3.05) is 0 Å². The molecule has 0 unspecified atom stereocenters. The molecule has 0 amide bonds. The van der Waals surface area contributed by atoms with Crippen LogP contribution in [0.2, 0.25) is 10.0 Å². The van der Waals surface area contributed by atoms with Crippen LogP contribution in [0.3, 0.4) is 0 Å². The van der Waals surface area contributed by atoms with Gasteiger partial charge in [-0.2, -0.15) is 5.26 Å². The third-order valence-corrected chi connectivity index (χ3v) is 3.54. The number of nitrogens with zero attached hydrogens (tertiary/aromatic N) is 1. The van der Waals surface area contributed by atoms with E-state index in [1.165, 1.54) is 0 Å². The molecular formula is C7H2Cl3NO2S. The average molecular weight is 271 g/mol. The Hall–Kier alpha value is -0.470. The molecule has 7 heteroatoms. The second-order valence-corrected chi connectivity index (χ2v) is 5.67. The van der Waals surface area contributed by atoms with Gasteiger partial charge in [0.2, 0.25) is 0 Å². The van der Waals surface area contributed by atoms with Crippen molar-refractivity contribution in [1.29, 1.82) is 5.26 Å². The number of hydrogen-bond acceptors (Lipinski definition) is 3. The van der Waals surface area contributed by atoms with Gasteiger partial charge >= 0.3 is 0 Å². The van der Waals surface area contributed by atoms with Gasteiger partial charge in [0.1, 0.15) is 6.07 Å². The Morgan fingerprint density at radius 3 is 2.29 bits per heavy atom. The van der Waals surface area contributed by atoms with Gasteiger partial charge < -0.3 is 0 Å². The van der Waals surface area contributed by atoms with Crippen molar-refractivity contribution in [3.05, 3.63) is 27.7 Å². The van der Waals surface area contributed by atoms with E-state index in [0.29, 0.717) is 0 Å². The normalized spacial score (nSPS) is 11.0. The number of nitriles is 1. The number of hydrogen-bond donors (Lipinski definition) is 0. The van der Waals surface area contributed by atoms with E-state index in [2.05, 4.69) is 0 Å². The molecule has 0 radical (unpaired) electrons. The highest BCUT2D eigenvalue weighted by molar-refractivity contribution is 8.13. The summed E-state index contributed by atoms with van der Waals surface area (Å²) in [6.07, 6.45) is 0. The smallest absolute Gasteiger partial charge is 0.207 e. The maximum atomic E-state index is 10.9. The van der Waals surface area contributed by atoms with Crippen molar-refractivity contribution in [3.8, 4) is 6.07 Å². The van der Waals surface area contributed by atoms with Crippen LogP contribution in [-0.4, -0.2) is 8.42 Å². The van der Waals surface area contributed by atoms with E-state index in [4.69, 9.17) is 39.1 Å². The molecule has 0 aliphatic rings. The predicted molar refractivity (Wildman–Crippen MR) is 54.2 cm³/mol. The summed E-state index contributed by atoms with van der Waals surface area (Å²) in [7, 11) is 1.18. The molecule has 0 aromatic heterocycles. The van der Waals surface area contributed by atoms with Crippen LogP contribution in [0, 0.1) is 11.3 Å². The largest absolute Gasteiger partial charge is 0.261 e. The molecule has 1 aromatic carbocycles. The summed E-state index contributed by atoms with van der Waals surface area (Å²) in [4.78, 5) is -0.245. The molecule has 0 saturated carbocycles. The first-order valence-electron chi connectivity index (χ1n) is 3.20. The Kier molecular flexibility index (Phi) is 3.28. The van der Waals surface area contributed by atoms with Crippen LogP contribution in [0.25, 0.3) is 0 Å². The maximum Gasteiger partial charge on any atom is 0.261 e. The summed E-state index contributed by atoms with van der Waals surface area (Å²) in [5.74, 6) is 0. The Balaban J connectivity index is 3.56. The monoisotopic (exact) mass is 269 g/mol. The van der Waals surface area contributed by atoms with E-state index in [1.807, 2.05) is 0 Å². The van der Waals surface area contributed by atoms with Crippen LogP contribution in [0.5, 0.6) is 0 Å². The number of halogens is 3. The number of rotatable bonds is 1. The van der Waals surface area contributed by atoms with Crippen molar-refractivity contribution < 1.29 is 8.42 Å². The highest BCUT2D eigenvalue weighted by Crippen LogP contribution is 2.30. The van der Waals surface area contributed by atoms with Crippen LogP contribution in [0.4, 0.5) is 0 Å². The Labute approximate surface area is 95.2 Å². The molecule has 3 nitrogen and oxygen atoms in total. The fourth-order valence-electron chi connectivity index (χ4n) is 0.786. The first-order chi connectivity index (χ1) is 6.36. The van der Waals surface area contributed by atoms with Crippen molar-refractivity contribution in [2.24, 2.45) is 0 Å². The van der Waals surface area contributed by atoms with Gasteiger partial charge in [-0.05, 0) is 12.1 Å². The van der Waals surface area contributed by atoms with Crippen LogP contribution in [0.1, 0.15) is 5.56 Å². The van der Waals surface area contributed by atoms with Crippen LogP contribution >= 0.6 is 33.9 Å². The molecule has 0 fully saturated rings. The molecule has 0 saturated heterocycles. The minimum atomic E-state index is -3.90. The summed E-state index contributed by atoms with van der Waals surface area (Å²) in [5, 5.41) is 8.59. The summed E-state index contributed by atoms with van der Waals surface area (Å²) < 4.78 is 21.8. The fraction of sp³-hybridized carbons (Fsp3) is 0. The second-order valence-electron chi connectivity index (χ2n) is 2.32. The summed E-state index contributed by atoms with van der Waals surface area (Å²) in [5.41, 5.74) is -0.0293. The quantitative estimate of drug-likeness (QED) is 0.737. The Morgan fingerprint density at radius 2 is 1.86 bits per heavy atom. The molecule has 0 heterocycles. The molecule has 1 aromatic rings. The van der Waals surface area contributed by atoms with E-state index in [-0.39, 0.29) is 20.5 Å². The van der Waals surface area contributed by atoms with Gasteiger partial charge in [-0.1, -0.05) is 23.2 Å². The van der Waals surface area contributed by atoms with Gasteiger partial charge in [-0.3, -0.25) is 0 Å². The van der Waals surface area contributed by atoms with Crippen LogP contribution in [0.15, 0.2) is 17.0 Å². The molecule has 0 atom stereocenters. The van der Waals surface area contributed by atoms with Gasteiger partial charge in [-0.25, -0.2) is 8.42 Å². The second kappa shape index (κ2) is 3.95. The molecule has 14 heavy (non-hydrogen) atoms. The SMILES string of the molecule is N#Cc1cc(S(=O)(=O)Cl)cc(Cl)c1Cl. The van der Waals surface area contributed by atoms with E-state index in [9.17, 15) is 8.42 Å². The van der Waals surface area contributed by atoms with Crippen molar-refractivity contribution in [1.82, 2.24) is 0 Å². The molecule has 74 valence electrons. The fourth-order valence-corrected chi connectivity index (χ4v) is 2.01. The van der Waals surface area contributed by atoms with Crippen molar-refractivity contribution >= 4 is 42.9 Å². The molecule has 0 aliphatic heterocycles. The lowest BCUT2D eigenvalue weighted by molar-refractivity contribution is 0.609. The van der Waals surface area contributed by atoms with Gasteiger partial charge in [0, 0.05) is 10.7 Å². The van der Waals surface area contributed by atoms with Gasteiger partial charge in [0.15, 0.2) is 0 Å². The Bertz CT molecular complexity index is 518. The van der Waals surface area contributed by atoms with Gasteiger partial charge in [-0.15, -0.1) is 0 Å². The summed E-state index contributed by atoms with van der Waals surface area (Å²) in [6, 6.07) is 3.87. The van der Waals surface area contributed by atoms with E-state index in [1.54, 1.807) is 6.07 Å². The van der Waals surface area contributed by atoms with Crippen LogP contribution < -0.4 is 0 Å². The minimum Gasteiger partial charge on any atom is -0.207 e. The lowest BCUT2D eigenvalue weighted by Crippen LogP contribution is -1.92. The van der Waals surface area contributed by atoms with Crippen molar-refractivity contribution in [2.45, 2.75) is 4.90 Å². The molecule has 0 N–H and O–H groups in total. The van der Waals surface area contributed by atoms with Gasteiger partial charge in [0.25, 0.3) is 9.05 Å². The molecule has 0 bridgehead atoms. The summed E-state index contributed by atoms with van der Waals surface area (Å²) in [6.45, 7) is 0. The third-order valence-electron chi connectivity index (χ3n) is 1.40. The predicted octanol–water partition coefficient (Wildman–Crippen LogP) is 2.79. The zero-order chi connectivity index (χ0) is 10.9. The van der Waals surface area contributed by atoms with Gasteiger partial charge in [0.05, 0.1) is 20.5 Å². The topological polar surface area (TPSA) is 57.9 Å². The molecule has 0 aliphatic carbocycles. The highest BCUT2D eigenvalue weighted by atomic mass is 35.7. The van der Waals surface area contributed by atoms with Crippen LogP contribution in [-0.2, 0) is 9.05 Å². The van der Waals surface area contributed by atoms with E-state index < -0.39 is 9.05 Å². The standard InChI is InChI=1S/C7H2Cl3NO2S/c8-6-2-5(14(10,12)13)1-4(3-11)7(6)9/h1-2H. The molecular weight excluding hydrogens is 269 g/mol. The zero-order valence-corrected chi connectivity index (χ0v) is 9.54. The number of benzene rings is 1. The Morgan fingerprint density at radius 1 is 1.29 bits per heavy atom. The van der Waals surface area contributed by atoms with Crippen molar-refractivity contribution in [3.63, 3.8) is 0 Å². The third kappa shape index (κ3) is 2.31. The lowest BCUT2D eigenvalue weighted by atomic mass is 10.2.